The first-order valence-corrected chi connectivity index (χ1v) is 9.23. The van der Waals surface area contributed by atoms with E-state index in [0.29, 0.717) is 15.6 Å². The van der Waals surface area contributed by atoms with Crippen LogP contribution in [0.5, 0.6) is 0 Å². The van der Waals surface area contributed by atoms with E-state index in [0.717, 1.165) is 15.4 Å². The van der Waals surface area contributed by atoms with Gasteiger partial charge in [0.05, 0.1) is 15.8 Å². The van der Waals surface area contributed by atoms with Gasteiger partial charge in [-0.25, -0.2) is 8.42 Å². The van der Waals surface area contributed by atoms with E-state index in [2.05, 4.69) is 15.9 Å². The molecule has 0 unspecified atom stereocenters. The summed E-state index contributed by atoms with van der Waals surface area (Å²) < 4.78 is 25.1. The Morgan fingerprint density at radius 1 is 1.05 bits per heavy atom. The zero-order valence-electron chi connectivity index (χ0n) is 10.8. The fraction of sp³-hybridized carbons (Fsp3) is 0.0667. The number of sulfone groups is 1. The minimum Gasteiger partial charge on any atom is -0.224 e. The van der Waals surface area contributed by atoms with Crippen molar-refractivity contribution in [3.8, 4) is 0 Å². The number of rotatable bonds is 4. The third kappa shape index (κ3) is 4.85. The monoisotopic (exact) mass is 404 g/mol. The summed E-state index contributed by atoms with van der Waals surface area (Å²) in [5, 5.41) is 1.89. The Kier molecular flexibility index (Phi) is 5.49. The molecule has 2 nitrogen and oxygen atoms in total. The molecule has 0 heterocycles. The molecule has 0 fully saturated rings. The second-order valence-electron chi connectivity index (χ2n) is 4.38. The zero-order chi connectivity index (χ0) is 15.5. The minimum atomic E-state index is -3.37. The lowest BCUT2D eigenvalue weighted by atomic mass is 10.2. The van der Waals surface area contributed by atoms with E-state index in [9.17, 15) is 8.42 Å². The van der Waals surface area contributed by atoms with Crippen molar-refractivity contribution in [1.29, 1.82) is 0 Å². The van der Waals surface area contributed by atoms with Crippen molar-refractivity contribution in [3.63, 3.8) is 0 Å². The predicted molar refractivity (Wildman–Crippen MR) is 92.3 cm³/mol. The van der Waals surface area contributed by atoms with Gasteiger partial charge in [0.2, 0.25) is 0 Å². The molecule has 0 atom stereocenters. The molecule has 0 aliphatic heterocycles. The lowest BCUT2D eigenvalue weighted by Crippen LogP contribution is -1.99. The van der Waals surface area contributed by atoms with Crippen molar-refractivity contribution in [2.24, 2.45) is 0 Å². The highest BCUT2D eigenvalue weighted by molar-refractivity contribution is 9.10. The highest BCUT2D eigenvalue weighted by Gasteiger charge is 2.09. The van der Waals surface area contributed by atoms with Crippen LogP contribution in [0.25, 0.3) is 6.08 Å². The van der Waals surface area contributed by atoms with Gasteiger partial charge in [0, 0.05) is 9.88 Å². The summed E-state index contributed by atoms with van der Waals surface area (Å²) in [6.45, 7) is 0. The molecule has 0 spiro atoms. The Morgan fingerprint density at radius 3 is 2.38 bits per heavy atom. The summed E-state index contributed by atoms with van der Waals surface area (Å²) in [4.78, 5) is 0. The van der Waals surface area contributed by atoms with Crippen LogP contribution in [-0.4, -0.2) is 8.42 Å². The van der Waals surface area contributed by atoms with E-state index in [1.807, 2.05) is 12.1 Å². The zero-order valence-corrected chi connectivity index (χ0v) is 14.7. The van der Waals surface area contributed by atoms with E-state index in [1.165, 1.54) is 6.08 Å². The summed E-state index contributed by atoms with van der Waals surface area (Å²) in [6.07, 6.45) is 1.46. The first-order chi connectivity index (χ1) is 9.87. The molecule has 2 rings (SSSR count). The molecule has 0 aromatic heterocycles. The van der Waals surface area contributed by atoms with Crippen molar-refractivity contribution in [2.75, 3.05) is 0 Å². The fourth-order valence-corrected chi connectivity index (χ4v) is 3.43. The highest BCUT2D eigenvalue weighted by atomic mass is 79.9. The molecule has 0 saturated heterocycles. The normalized spacial score (nSPS) is 12.0. The molecule has 0 aliphatic rings. The molecule has 2 aromatic carbocycles. The van der Waals surface area contributed by atoms with Crippen LogP contribution in [0.1, 0.15) is 11.1 Å². The summed E-state index contributed by atoms with van der Waals surface area (Å²) in [5.74, 6) is -0.0606. The van der Waals surface area contributed by atoms with E-state index in [-0.39, 0.29) is 5.75 Å². The topological polar surface area (TPSA) is 34.1 Å². The molecule has 0 radical (unpaired) electrons. The summed E-state index contributed by atoms with van der Waals surface area (Å²) in [5.41, 5.74) is 1.29. The summed E-state index contributed by atoms with van der Waals surface area (Å²) in [6, 6.07) is 12.2. The van der Waals surface area contributed by atoms with Gasteiger partial charge in [-0.1, -0.05) is 63.4 Å². The number of hydrogen-bond acceptors (Lipinski definition) is 2. The van der Waals surface area contributed by atoms with E-state index in [4.69, 9.17) is 23.2 Å². The fourth-order valence-electron chi connectivity index (χ4n) is 1.69. The molecular weight excluding hydrogens is 395 g/mol. The second kappa shape index (κ2) is 6.97. The highest BCUT2D eigenvalue weighted by Crippen LogP contribution is 2.26. The van der Waals surface area contributed by atoms with Gasteiger partial charge in [0.15, 0.2) is 9.84 Å². The van der Waals surface area contributed by atoms with Crippen molar-refractivity contribution in [2.45, 2.75) is 5.75 Å². The van der Waals surface area contributed by atoms with Crippen LogP contribution in [0.2, 0.25) is 10.0 Å². The Labute approximate surface area is 142 Å². The molecule has 0 amide bonds. The number of halogens is 3. The Hall–Kier alpha value is -0.810. The summed E-state index contributed by atoms with van der Waals surface area (Å²) in [7, 11) is -3.37. The van der Waals surface area contributed by atoms with Gasteiger partial charge in [-0.3, -0.25) is 0 Å². The predicted octanol–water partition coefficient (Wildman–Crippen LogP) is 5.34. The third-order valence-corrected chi connectivity index (χ3v) is 5.37. The van der Waals surface area contributed by atoms with Gasteiger partial charge in [-0.15, -0.1) is 0 Å². The number of benzene rings is 2. The Morgan fingerprint density at radius 2 is 1.71 bits per heavy atom. The average Bonchev–Trinajstić information content (AvgIpc) is 2.43. The van der Waals surface area contributed by atoms with Gasteiger partial charge < -0.3 is 0 Å². The van der Waals surface area contributed by atoms with Crippen LogP contribution in [0.4, 0.5) is 0 Å². The average molecular weight is 406 g/mol. The van der Waals surface area contributed by atoms with Crippen LogP contribution in [0.15, 0.2) is 52.3 Å². The molecular formula is C15H11BrCl2O2S. The molecule has 110 valence electrons. The largest absolute Gasteiger partial charge is 0.224 e. The summed E-state index contributed by atoms with van der Waals surface area (Å²) >= 11 is 15.2. The van der Waals surface area contributed by atoms with Crippen LogP contribution < -0.4 is 0 Å². The van der Waals surface area contributed by atoms with Crippen LogP contribution in [-0.2, 0) is 15.6 Å². The third-order valence-electron chi connectivity index (χ3n) is 2.72. The van der Waals surface area contributed by atoms with Gasteiger partial charge in [-0.2, -0.15) is 0 Å². The van der Waals surface area contributed by atoms with Gasteiger partial charge in [-0.05, 0) is 35.4 Å². The van der Waals surface area contributed by atoms with E-state index < -0.39 is 9.84 Å². The molecule has 6 heteroatoms. The van der Waals surface area contributed by atoms with E-state index >= 15 is 0 Å². The van der Waals surface area contributed by atoms with Gasteiger partial charge >= 0.3 is 0 Å². The Balaban J connectivity index is 2.19. The maximum Gasteiger partial charge on any atom is 0.175 e. The SMILES string of the molecule is O=S(=O)(C=Cc1cccc(Cl)c1Cl)Cc1ccc(Br)cc1. The van der Waals surface area contributed by atoms with Crippen molar-refractivity contribution in [3.05, 3.63) is 73.5 Å². The second-order valence-corrected chi connectivity index (χ2v) is 7.97. The van der Waals surface area contributed by atoms with Crippen molar-refractivity contribution < 1.29 is 8.42 Å². The van der Waals surface area contributed by atoms with Crippen LogP contribution in [0, 0.1) is 0 Å². The first kappa shape index (κ1) is 16.6. The molecule has 2 aromatic rings. The maximum atomic E-state index is 12.1. The first-order valence-electron chi connectivity index (χ1n) is 5.97. The molecule has 0 N–H and O–H groups in total. The van der Waals surface area contributed by atoms with Gasteiger partial charge in [0.1, 0.15) is 0 Å². The minimum absolute atomic E-state index is 0.0606. The molecule has 21 heavy (non-hydrogen) atoms. The Bertz CT molecular complexity index is 769. The quantitative estimate of drug-likeness (QED) is 0.687. The molecule has 0 saturated carbocycles. The van der Waals surface area contributed by atoms with Crippen molar-refractivity contribution in [1.82, 2.24) is 0 Å². The molecule has 0 aliphatic carbocycles. The van der Waals surface area contributed by atoms with Crippen LogP contribution in [0.3, 0.4) is 0 Å². The van der Waals surface area contributed by atoms with E-state index in [1.54, 1.807) is 30.3 Å². The smallest absolute Gasteiger partial charge is 0.175 e. The standard InChI is InChI=1S/C15H11BrCl2O2S/c16-13-6-4-11(5-7-13)10-21(19,20)9-8-12-2-1-3-14(17)15(12)18/h1-9H,10H2. The molecule has 0 bridgehead atoms. The van der Waals surface area contributed by atoms with Crippen LogP contribution >= 0.6 is 39.1 Å². The maximum absolute atomic E-state index is 12.1. The lowest BCUT2D eigenvalue weighted by molar-refractivity contribution is 0.604. The van der Waals surface area contributed by atoms with Gasteiger partial charge in [0.25, 0.3) is 0 Å². The lowest BCUT2D eigenvalue weighted by Gasteiger charge is -2.02. The number of hydrogen-bond donors (Lipinski definition) is 0. The van der Waals surface area contributed by atoms with Crippen molar-refractivity contribution >= 4 is 55.0 Å².